The van der Waals surface area contributed by atoms with E-state index >= 15 is 0 Å². The molecule has 3 heterocycles. The third-order valence-electron chi connectivity index (χ3n) is 4.61. The van der Waals surface area contributed by atoms with E-state index in [4.69, 9.17) is 4.52 Å². The van der Waals surface area contributed by atoms with Gasteiger partial charge in [0.2, 0.25) is 5.58 Å². The number of likely N-dealkylation sites (tertiary alicyclic amines) is 1. The summed E-state index contributed by atoms with van der Waals surface area (Å²) in [5.41, 5.74) is 1.46. The Morgan fingerprint density at radius 1 is 1.12 bits per heavy atom. The number of rotatable bonds is 3. The highest BCUT2D eigenvalue weighted by atomic mass is 16.5. The molecule has 0 saturated carbocycles. The van der Waals surface area contributed by atoms with Gasteiger partial charge in [-0.15, -0.1) is 0 Å². The van der Waals surface area contributed by atoms with Gasteiger partial charge in [-0.25, -0.2) is 4.79 Å². The Kier molecular flexibility index (Phi) is 3.78. The van der Waals surface area contributed by atoms with Gasteiger partial charge in [-0.3, -0.25) is 14.7 Å². The van der Waals surface area contributed by atoms with E-state index in [1.54, 1.807) is 0 Å². The third-order valence-corrected chi connectivity index (χ3v) is 4.61. The Morgan fingerprint density at radius 2 is 1.88 bits per heavy atom. The summed E-state index contributed by atoms with van der Waals surface area (Å²) in [5, 5.41) is 4.05. The molecule has 0 amide bonds. The number of aromatic nitrogens is 3. The van der Waals surface area contributed by atoms with E-state index in [9.17, 15) is 9.59 Å². The lowest BCUT2D eigenvalue weighted by Gasteiger charge is -2.31. The first-order valence-electron chi connectivity index (χ1n) is 8.09. The van der Waals surface area contributed by atoms with Gasteiger partial charge in [-0.1, -0.05) is 35.5 Å². The molecular weight excluding hydrogens is 308 g/mol. The minimum Gasteiger partial charge on any atom is -0.348 e. The van der Waals surface area contributed by atoms with Crippen molar-refractivity contribution in [3.63, 3.8) is 0 Å². The van der Waals surface area contributed by atoms with Gasteiger partial charge in [0.15, 0.2) is 0 Å². The molecule has 1 aliphatic rings. The summed E-state index contributed by atoms with van der Waals surface area (Å²) < 4.78 is 5.13. The first kappa shape index (κ1) is 14.9. The molecule has 7 nitrogen and oxygen atoms in total. The fourth-order valence-corrected chi connectivity index (χ4v) is 3.37. The van der Waals surface area contributed by atoms with E-state index in [0.29, 0.717) is 11.2 Å². The molecule has 0 atom stereocenters. The Balaban J connectivity index is 1.50. The number of hydrogen-bond acceptors (Lipinski definition) is 5. The standard InChI is InChI=1S/C17H18N4O3/c22-16-15-14(18-17(23)19-16)13(20-24-15)12-6-8-21(9-7-12)10-11-4-2-1-3-5-11/h1-5,12H,6-10H2,(H2,18,19,22,23). The minimum atomic E-state index is -0.533. The van der Waals surface area contributed by atoms with E-state index in [0.717, 1.165) is 32.5 Å². The van der Waals surface area contributed by atoms with Crippen LogP contribution in [0.25, 0.3) is 11.1 Å². The average molecular weight is 326 g/mol. The molecule has 2 aromatic heterocycles. The van der Waals surface area contributed by atoms with Crippen molar-refractivity contribution in [1.82, 2.24) is 20.0 Å². The second kappa shape index (κ2) is 6.09. The molecule has 7 heteroatoms. The van der Waals surface area contributed by atoms with Crippen LogP contribution in [0, 0.1) is 0 Å². The van der Waals surface area contributed by atoms with E-state index in [1.165, 1.54) is 5.56 Å². The maximum Gasteiger partial charge on any atom is 0.326 e. The molecule has 0 bridgehead atoms. The van der Waals surface area contributed by atoms with Crippen LogP contribution in [-0.4, -0.2) is 33.1 Å². The van der Waals surface area contributed by atoms with Crippen molar-refractivity contribution in [2.45, 2.75) is 25.3 Å². The average Bonchev–Trinajstić information content (AvgIpc) is 3.01. The molecule has 4 rings (SSSR count). The summed E-state index contributed by atoms with van der Waals surface area (Å²) in [6.07, 6.45) is 1.84. The number of hydrogen-bond donors (Lipinski definition) is 2. The van der Waals surface area contributed by atoms with Crippen molar-refractivity contribution < 1.29 is 4.52 Å². The van der Waals surface area contributed by atoms with Crippen LogP contribution in [-0.2, 0) is 6.54 Å². The quantitative estimate of drug-likeness (QED) is 0.762. The van der Waals surface area contributed by atoms with Gasteiger partial charge >= 0.3 is 5.69 Å². The highest BCUT2D eigenvalue weighted by molar-refractivity contribution is 5.73. The van der Waals surface area contributed by atoms with Crippen LogP contribution >= 0.6 is 0 Å². The highest BCUT2D eigenvalue weighted by Crippen LogP contribution is 2.30. The number of H-pyrrole nitrogens is 2. The molecule has 0 unspecified atom stereocenters. The van der Waals surface area contributed by atoms with E-state index in [-0.39, 0.29) is 11.5 Å². The van der Waals surface area contributed by atoms with Gasteiger partial charge in [0.25, 0.3) is 5.56 Å². The maximum atomic E-state index is 11.7. The number of nitrogens with zero attached hydrogens (tertiary/aromatic N) is 2. The van der Waals surface area contributed by atoms with E-state index in [1.807, 2.05) is 6.07 Å². The first-order chi connectivity index (χ1) is 11.7. The predicted molar refractivity (Wildman–Crippen MR) is 88.9 cm³/mol. The van der Waals surface area contributed by atoms with E-state index in [2.05, 4.69) is 44.3 Å². The zero-order valence-corrected chi connectivity index (χ0v) is 13.1. The lowest BCUT2D eigenvalue weighted by molar-refractivity contribution is 0.201. The summed E-state index contributed by atoms with van der Waals surface area (Å²) >= 11 is 0. The van der Waals surface area contributed by atoms with Crippen molar-refractivity contribution >= 4 is 11.1 Å². The van der Waals surface area contributed by atoms with Crippen LogP contribution < -0.4 is 11.2 Å². The molecule has 124 valence electrons. The smallest absolute Gasteiger partial charge is 0.326 e. The number of nitrogens with one attached hydrogen (secondary N) is 2. The molecule has 2 N–H and O–H groups in total. The molecule has 0 aliphatic carbocycles. The van der Waals surface area contributed by atoms with Crippen LogP contribution in [0.15, 0.2) is 44.4 Å². The normalized spacial score (nSPS) is 16.7. The number of piperidine rings is 1. The Labute approximate surface area is 137 Å². The highest BCUT2D eigenvalue weighted by Gasteiger charge is 2.26. The topological polar surface area (TPSA) is 95.0 Å². The maximum absolute atomic E-state index is 11.7. The van der Waals surface area contributed by atoms with Crippen LogP contribution in [0.1, 0.15) is 30.0 Å². The van der Waals surface area contributed by atoms with Gasteiger partial charge in [-0.05, 0) is 31.5 Å². The summed E-state index contributed by atoms with van der Waals surface area (Å²) in [5.74, 6) is 0.190. The zero-order chi connectivity index (χ0) is 16.5. The molecule has 1 aliphatic heterocycles. The summed E-state index contributed by atoms with van der Waals surface area (Å²) in [7, 11) is 0. The lowest BCUT2D eigenvalue weighted by atomic mass is 9.92. The van der Waals surface area contributed by atoms with Crippen molar-refractivity contribution in [2.75, 3.05) is 13.1 Å². The van der Waals surface area contributed by atoms with Crippen LogP contribution in [0.4, 0.5) is 0 Å². The molecule has 24 heavy (non-hydrogen) atoms. The van der Waals surface area contributed by atoms with Crippen molar-refractivity contribution in [3.8, 4) is 0 Å². The fraction of sp³-hybridized carbons (Fsp3) is 0.353. The number of fused-ring (bicyclic) bond motifs is 1. The van der Waals surface area contributed by atoms with Crippen LogP contribution in [0.3, 0.4) is 0 Å². The molecule has 1 fully saturated rings. The minimum absolute atomic E-state index is 0.0938. The molecule has 0 spiro atoms. The van der Waals surface area contributed by atoms with Crippen molar-refractivity contribution in [3.05, 3.63) is 62.4 Å². The zero-order valence-electron chi connectivity index (χ0n) is 13.1. The fourth-order valence-electron chi connectivity index (χ4n) is 3.37. The van der Waals surface area contributed by atoms with Crippen LogP contribution in [0.2, 0.25) is 0 Å². The Morgan fingerprint density at radius 3 is 2.62 bits per heavy atom. The summed E-state index contributed by atoms with van der Waals surface area (Å²) in [6, 6.07) is 10.4. The largest absolute Gasteiger partial charge is 0.348 e. The van der Waals surface area contributed by atoms with E-state index < -0.39 is 11.2 Å². The van der Waals surface area contributed by atoms with Crippen molar-refractivity contribution in [1.29, 1.82) is 0 Å². The van der Waals surface area contributed by atoms with Crippen LogP contribution in [0.5, 0.6) is 0 Å². The van der Waals surface area contributed by atoms with Gasteiger partial charge in [0.1, 0.15) is 11.2 Å². The van der Waals surface area contributed by atoms with Crippen molar-refractivity contribution in [2.24, 2.45) is 0 Å². The Hall–Kier alpha value is -2.67. The first-order valence-corrected chi connectivity index (χ1v) is 8.09. The number of benzene rings is 1. The lowest BCUT2D eigenvalue weighted by Crippen LogP contribution is -2.32. The monoisotopic (exact) mass is 326 g/mol. The third kappa shape index (κ3) is 2.78. The van der Waals surface area contributed by atoms with Gasteiger partial charge < -0.3 is 9.51 Å². The second-order valence-electron chi connectivity index (χ2n) is 6.22. The molecule has 3 aromatic rings. The summed E-state index contributed by atoms with van der Waals surface area (Å²) in [4.78, 5) is 30.4. The predicted octanol–water partition coefficient (Wildman–Crippen LogP) is 1.58. The molecular formula is C17H18N4O3. The van der Waals surface area contributed by atoms with Gasteiger partial charge in [-0.2, -0.15) is 0 Å². The molecule has 0 radical (unpaired) electrons. The Bertz CT molecular complexity index is 949. The second-order valence-corrected chi connectivity index (χ2v) is 6.22. The number of aromatic amines is 2. The molecule has 1 saturated heterocycles. The molecule has 1 aromatic carbocycles. The summed E-state index contributed by atoms with van der Waals surface area (Å²) in [6.45, 7) is 2.83. The van der Waals surface area contributed by atoms with Gasteiger partial charge in [0.05, 0.1) is 0 Å². The SMILES string of the molecule is O=c1[nH]c(=O)c2onc(C3CCN(Cc4ccccc4)CC3)c2[nH]1. The van der Waals surface area contributed by atoms with Gasteiger partial charge in [0, 0.05) is 12.5 Å².